The molecule has 0 bridgehead atoms. The van der Waals surface area contributed by atoms with Crippen LogP contribution in [0.5, 0.6) is 0 Å². The molecule has 1 rings (SSSR count). The summed E-state index contributed by atoms with van der Waals surface area (Å²) in [4.78, 5) is 39.5. The van der Waals surface area contributed by atoms with Crippen molar-refractivity contribution in [2.75, 3.05) is 27.7 Å². The zero-order chi connectivity index (χ0) is 19.5. The van der Waals surface area contributed by atoms with Gasteiger partial charge in [-0.2, -0.15) is 0 Å². The van der Waals surface area contributed by atoms with Gasteiger partial charge in [-0.15, -0.1) is 0 Å². The summed E-state index contributed by atoms with van der Waals surface area (Å²) < 4.78 is 0.550. The summed E-state index contributed by atoms with van der Waals surface area (Å²) in [7, 11) is 5.66. The summed E-state index contributed by atoms with van der Waals surface area (Å²) >= 11 is 0. The van der Waals surface area contributed by atoms with Crippen molar-refractivity contribution in [1.82, 2.24) is 5.32 Å². The maximum Gasteiger partial charge on any atom is 0.326 e. The van der Waals surface area contributed by atoms with E-state index in [9.17, 15) is 19.5 Å². The van der Waals surface area contributed by atoms with E-state index < -0.39 is 30.1 Å². The monoisotopic (exact) mass is 350 g/mol. The van der Waals surface area contributed by atoms with Gasteiger partial charge < -0.3 is 41.4 Å². The number of aliphatic hydroxyl groups is 1. The normalized spacial score (nSPS) is 17.3. The van der Waals surface area contributed by atoms with Crippen LogP contribution in [0.4, 0.5) is 4.79 Å². The van der Waals surface area contributed by atoms with Gasteiger partial charge in [0.05, 0.1) is 21.1 Å². The van der Waals surface area contributed by atoms with E-state index in [1.807, 2.05) is 21.1 Å². The third-order valence-electron chi connectivity index (χ3n) is 2.45. The Morgan fingerprint density at radius 3 is 2.00 bits per heavy atom. The van der Waals surface area contributed by atoms with Gasteiger partial charge in [-0.25, -0.2) is 9.59 Å². The lowest BCUT2D eigenvalue weighted by Gasteiger charge is -2.26. The molecule has 1 unspecified atom stereocenters. The molecule has 11 heteroatoms. The number of likely N-dealkylation sites (N-methyl/N-ethyl adjacent to an activating group) is 1. The van der Waals surface area contributed by atoms with Crippen LogP contribution in [0, 0.1) is 0 Å². The SMILES string of the molecule is C[N+](C)(C)CC(O)CC(=O)[O-].NC(N)=O.O=C1CC[C@@H](C(=O)O)N1. The number of hydrogen-bond donors (Lipinski definition) is 5. The fourth-order valence-corrected chi connectivity index (χ4v) is 1.69. The molecule has 0 aromatic carbocycles. The number of carbonyl (C=O) groups is 4. The summed E-state index contributed by atoms with van der Waals surface area (Å²) in [5.74, 6) is -2.31. The van der Waals surface area contributed by atoms with Crippen LogP contribution in [0.25, 0.3) is 0 Å². The van der Waals surface area contributed by atoms with Crippen LogP contribution >= 0.6 is 0 Å². The summed E-state index contributed by atoms with van der Waals surface area (Å²) in [5, 5.41) is 29.8. The van der Waals surface area contributed by atoms with Gasteiger partial charge in [-0.1, -0.05) is 0 Å². The molecule has 1 heterocycles. The molecule has 1 aliphatic heterocycles. The number of rotatable bonds is 5. The molecule has 0 spiro atoms. The van der Waals surface area contributed by atoms with Crippen molar-refractivity contribution in [3.63, 3.8) is 0 Å². The lowest BCUT2D eigenvalue weighted by molar-refractivity contribution is -0.873. The number of nitrogens with zero attached hydrogens (tertiary/aromatic N) is 1. The Bertz CT molecular complexity index is 444. The van der Waals surface area contributed by atoms with Crippen molar-refractivity contribution in [1.29, 1.82) is 0 Å². The quantitative estimate of drug-likeness (QED) is 0.318. The van der Waals surface area contributed by atoms with E-state index >= 15 is 0 Å². The van der Waals surface area contributed by atoms with Crippen molar-refractivity contribution in [2.24, 2.45) is 11.5 Å². The van der Waals surface area contributed by atoms with Crippen molar-refractivity contribution in [2.45, 2.75) is 31.4 Å². The maximum atomic E-state index is 10.4. The third kappa shape index (κ3) is 17.7. The van der Waals surface area contributed by atoms with Crippen LogP contribution in [0.3, 0.4) is 0 Å². The lowest BCUT2D eigenvalue weighted by atomic mass is 10.2. The number of carbonyl (C=O) groups excluding carboxylic acids is 3. The van der Waals surface area contributed by atoms with E-state index in [0.717, 1.165) is 0 Å². The predicted molar refractivity (Wildman–Crippen MR) is 81.1 cm³/mol. The fraction of sp³-hybridized carbons (Fsp3) is 0.692. The number of aliphatic carboxylic acids is 2. The third-order valence-corrected chi connectivity index (χ3v) is 2.45. The second-order valence-electron chi connectivity index (χ2n) is 6.10. The van der Waals surface area contributed by atoms with E-state index in [1.165, 1.54) is 0 Å². The Hall–Kier alpha value is -2.40. The number of nitrogens with one attached hydrogen (secondary N) is 1. The molecule has 0 saturated carbocycles. The number of amides is 3. The number of hydrogen-bond acceptors (Lipinski definition) is 6. The number of carboxylic acid groups (broad SMARTS) is 2. The summed E-state index contributed by atoms with van der Waals surface area (Å²) in [6, 6.07) is -1.47. The number of primary amides is 2. The first kappa shape index (κ1) is 23.9. The van der Waals surface area contributed by atoms with Gasteiger partial charge in [0.25, 0.3) is 0 Å². The average Bonchev–Trinajstić information content (AvgIpc) is 2.72. The van der Waals surface area contributed by atoms with Gasteiger partial charge in [-0.3, -0.25) is 4.79 Å². The highest BCUT2D eigenvalue weighted by Gasteiger charge is 2.26. The molecule has 11 nitrogen and oxygen atoms in total. The molecule has 0 aromatic heterocycles. The first-order valence-corrected chi connectivity index (χ1v) is 7.00. The zero-order valence-corrected chi connectivity index (χ0v) is 14.0. The molecule has 0 aliphatic carbocycles. The predicted octanol–water partition coefficient (Wildman–Crippen LogP) is -3.43. The van der Waals surface area contributed by atoms with Gasteiger partial charge >= 0.3 is 12.0 Å². The van der Waals surface area contributed by atoms with Crippen LogP contribution in [0.1, 0.15) is 19.3 Å². The first-order valence-electron chi connectivity index (χ1n) is 7.00. The second-order valence-corrected chi connectivity index (χ2v) is 6.10. The van der Waals surface area contributed by atoms with Crippen molar-refractivity contribution >= 4 is 23.9 Å². The van der Waals surface area contributed by atoms with Gasteiger partial charge in [-0.05, 0) is 6.42 Å². The topological polar surface area (TPSA) is 196 Å². The molecular formula is C13H26N4O7. The first-order chi connectivity index (χ1) is 10.7. The summed E-state index contributed by atoms with van der Waals surface area (Å²) in [6.45, 7) is 0.425. The number of aliphatic hydroxyl groups excluding tert-OH is 1. The minimum Gasteiger partial charge on any atom is -0.550 e. The fourth-order valence-electron chi connectivity index (χ4n) is 1.69. The van der Waals surface area contributed by atoms with E-state index in [-0.39, 0.29) is 12.3 Å². The summed E-state index contributed by atoms with van der Waals surface area (Å²) in [5.41, 5.74) is 8.50. The maximum absolute atomic E-state index is 10.4. The van der Waals surface area contributed by atoms with Gasteiger partial charge in [0.15, 0.2) is 0 Å². The molecule has 2 atom stereocenters. The standard InChI is InChI=1S/C7H15NO3.C5H7NO3.CH4N2O/c1-8(2,3)5-6(9)4-7(10)11;7-4-2-1-3(6-4)5(8)9;2-1(3)4/h6,9H,4-5H2,1-3H3;3H,1-2H2,(H,6,7)(H,8,9);(H4,2,3,4)/t;3-;/m.0./s1. The van der Waals surface area contributed by atoms with Crippen LogP contribution in [0.15, 0.2) is 0 Å². The molecule has 0 aromatic rings. The highest BCUT2D eigenvalue weighted by atomic mass is 16.4. The highest BCUT2D eigenvalue weighted by molar-refractivity contribution is 5.87. The van der Waals surface area contributed by atoms with E-state index in [0.29, 0.717) is 23.9 Å². The average molecular weight is 350 g/mol. The van der Waals surface area contributed by atoms with Gasteiger partial charge in [0.1, 0.15) is 18.7 Å². The number of urea groups is 1. The Morgan fingerprint density at radius 1 is 1.33 bits per heavy atom. The molecular weight excluding hydrogens is 324 g/mol. The molecule has 1 aliphatic rings. The number of quaternary nitrogens is 1. The van der Waals surface area contributed by atoms with Crippen LogP contribution in [-0.2, 0) is 14.4 Å². The number of carboxylic acids is 2. The molecule has 24 heavy (non-hydrogen) atoms. The minimum absolute atomic E-state index is 0.164. The van der Waals surface area contributed by atoms with Crippen LogP contribution in [0.2, 0.25) is 0 Å². The van der Waals surface area contributed by atoms with Crippen LogP contribution in [-0.4, -0.2) is 78.4 Å². The van der Waals surface area contributed by atoms with E-state index in [1.54, 1.807) is 0 Å². The zero-order valence-electron chi connectivity index (χ0n) is 14.0. The molecule has 1 fully saturated rings. The molecule has 1 saturated heterocycles. The Balaban J connectivity index is 0. The molecule has 140 valence electrons. The highest BCUT2D eigenvalue weighted by Crippen LogP contribution is 2.05. The van der Waals surface area contributed by atoms with Crippen molar-refractivity contribution in [3.05, 3.63) is 0 Å². The largest absolute Gasteiger partial charge is 0.550 e. The van der Waals surface area contributed by atoms with Gasteiger partial charge in [0.2, 0.25) is 5.91 Å². The minimum atomic E-state index is -1.20. The van der Waals surface area contributed by atoms with Crippen molar-refractivity contribution in [3.8, 4) is 0 Å². The molecule has 7 N–H and O–H groups in total. The van der Waals surface area contributed by atoms with Crippen LogP contribution < -0.4 is 21.9 Å². The molecule has 0 radical (unpaired) electrons. The van der Waals surface area contributed by atoms with Crippen molar-refractivity contribution < 1.29 is 39.0 Å². The Morgan fingerprint density at radius 2 is 1.79 bits per heavy atom. The molecule has 3 amide bonds. The Kier molecular flexibility index (Phi) is 11.1. The summed E-state index contributed by atoms with van der Waals surface area (Å²) in [6.07, 6.45) is -0.319. The van der Waals surface area contributed by atoms with E-state index in [4.69, 9.17) is 15.0 Å². The second kappa shape index (κ2) is 11.2. The lowest BCUT2D eigenvalue weighted by Crippen LogP contribution is -2.43. The Labute approximate surface area is 139 Å². The van der Waals surface area contributed by atoms with E-state index in [2.05, 4.69) is 16.8 Å². The smallest absolute Gasteiger partial charge is 0.326 e. The number of nitrogens with two attached hydrogens (primary N) is 2. The van der Waals surface area contributed by atoms with Gasteiger partial charge in [0, 0.05) is 18.8 Å².